The van der Waals surface area contributed by atoms with Crippen LogP contribution in [0.4, 0.5) is 0 Å². The molecule has 0 spiro atoms. The second kappa shape index (κ2) is 8.57. The number of benzene rings is 1. The van der Waals surface area contributed by atoms with Crippen LogP contribution in [0, 0.1) is 5.92 Å². The van der Waals surface area contributed by atoms with E-state index in [0.29, 0.717) is 5.92 Å². The van der Waals surface area contributed by atoms with Gasteiger partial charge in [0.2, 0.25) is 0 Å². The van der Waals surface area contributed by atoms with E-state index in [1.54, 1.807) is 0 Å². The molecule has 0 fully saturated rings. The van der Waals surface area contributed by atoms with Crippen molar-refractivity contribution in [2.75, 3.05) is 13.1 Å². The lowest BCUT2D eigenvalue weighted by Crippen LogP contribution is -2.26. The first-order valence-electron chi connectivity index (χ1n) is 7.14. The number of likely N-dealkylation sites (N-methyl/N-ethyl adjacent to an activating group) is 1. The van der Waals surface area contributed by atoms with Gasteiger partial charge < -0.3 is 10.1 Å². The Morgan fingerprint density at radius 2 is 1.79 bits per heavy atom. The third-order valence-electron chi connectivity index (χ3n) is 3.02. The summed E-state index contributed by atoms with van der Waals surface area (Å²) in [5, 5.41) is 4.13. The zero-order valence-corrected chi connectivity index (χ0v) is 13.2. The molecule has 0 heterocycles. The average Bonchev–Trinajstić information content (AvgIpc) is 2.34. The molecule has 0 aliphatic heterocycles. The molecule has 0 radical (unpaired) electrons. The van der Waals surface area contributed by atoms with Gasteiger partial charge in [0.1, 0.15) is 0 Å². The first kappa shape index (κ1) is 16.5. The van der Waals surface area contributed by atoms with Crippen molar-refractivity contribution in [2.24, 2.45) is 5.92 Å². The molecular weight excluding hydrogens is 258 g/mol. The monoisotopic (exact) mass is 283 g/mol. The van der Waals surface area contributed by atoms with Crippen LogP contribution in [0.3, 0.4) is 0 Å². The Labute approximate surface area is 122 Å². The summed E-state index contributed by atoms with van der Waals surface area (Å²) in [4.78, 5) is 0. The van der Waals surface area contributed by atoms with Crippen LogP contribution in [0.1, 0.15) is 45.8 Å². The van der Waals surface area contributed by atoms with Gasteiger partial charge in [-0.15, -0.1) is 0 Å². The molecule has 19 heavy (non-hydrogen) atoms. The highest BCUT2D eigenvalue weighted by Gasteiger charge is 2.16. The average molecular weight is 284 g/mol. The summed E-state index contributed by atoms with van der Waals surface area (Å²) in [5.41, 5.74) is 1.18. The van der Waals surface area contributed by atoms with Crippen LogP contribution in [-0.4, -0.2) is 19.2 Å². The minimum Gasteiger partial charge on any atom is -0.369 e. The van der Waals surface area contributed by atoms with E-state index in [2.05, 4.69) is 33.0 Å². The van der Waals surface area contributed by atoms with Gasteiger partial charge in [-0.2, -0.15) is 0 Å². The van der Waals surface area contributed by atoms with Crippen molar-refractivity contribution in [1.29, 1.82) is 0 Å². The fourth-order valence-corrected chi connectivity index (χ4v) is 2.32. The molecule has 0 saturated carbocycles. The lowest BCUT2D eigenvalue weighted by atomic mass is 10.1. The topological polar surface area (TPSA) is 21.3 Å². The minimum absolute atomic E-state index is 0.0889. The van der Waals surface area contributed by atoms with E-state index in [9.17, 15) is 0 Å². The molecule has 0 bridgehead atoms. The van der Waals surface area contributed by atoms with Gasteiger partial charge in [-0.05, 0) is 43.5 Å². The molecular formula is C16H26ClNO. The van der Waals surface area contributed by atoms with Crippen molar-refractivity contribution in [3.05, 3.63) is 34.9 Å². The Morgan fingerprint density at radius 3 is 2.32 bits per heavy atom. The maximum Gasteiger partial charge on any atom is 0.0952 e. The van der Waals surface area contributed by atoms with E-state index in [1.807, 2.05) is 24.3 Å². The van der Waals surface area contributed by atoms with Crippen LogP contribution < -0.4 is 5.32 Å². The van der Waals surface area contributed by atoms with E-state index < -0.39 is 0 Å². The standard InChI is InChI=1S/C16H26ClNO/c1-5-18-11-16(19-13(4)10-12(2)3)14-6-8-15(17)9-7-14/h6-9,12-13,16,18H,5,10-11H2,1-4H3. The minimum atomic E-state index is 0.0889. The highest BCUT2D eigenvalue weighted by molar-refractivity contribution is 6.30. The van der Waals surface area contributed by atoms with Gasteiger partial charge in [0, 0.05) is 11.6 Å². The third-order valence-corrected chi connectivity index (χ3v) is 3.27. The summed E-state index contributed by atoms with van der Waals surface area (Å²) in [6.07, 6.45) is 1.43. The summed E-state index contributed by atoms with van der Waals surface area (Å²) in [6.45, 7) is 10.5. The van der Waals surface area contributed by atoms with Crippen LogP contribution >= 0.6 is 11.6 Å². The Morgan fingerprint density at radius 1 is 1.16 bits per heavy atom. The van der Waals surface area contributed by atoms with Crippen LogP contribution in [0.2, 0.25) is 5.02 Å². The van der Waals surface area contributed by atoms with Crippen LogP contribution in [-0.2, 0) is 4.74 Å². The third kappa shape index (κ3) is 6.42. The van der Waals surface area contributed by atoms with Crippen LogP contribution in [0.15, 0.2) is 24.3 Å². The fraction of sp³-hybridized carbons (Fsp3) is 0.625. The predicted molar refractivity (Wildman–Crippen MR) is 82.7 cm³/mol. The highest BCUT2D eigenvalue weighted by Crippen LogP contribution is 2.22. The molecule has 0 aliphatic carbocycles. The van der Waals surface area contributed by atoms with E-state index in [-0.39, 0.29) is 12.2 Å². The molecule has 0 amide bonds. The molecule has 1 aromatic rings. The maximum absolute atomic E-state index is 6.18. The predicted octanol–water partition coefficient (Wildman–Crippen LogP) is 4.44. The van der Waals surface area contributed by atoms with Crippen molar-refractivity contribution in [3.8, 4) is 0 Å². The Bertz CT molecular complexity index is 350. The fourth-order valence-electron chi connectivity index (χ4n) is 2.20. The van der Waals surface area contributed by atoms with Gasteiger partial charge in [0.25, 0.3) is 0 Å². The largest absolute Gasteiger partial charge is 0.369 e. The normalized spacial score (nSPS) is 14.6. The Hall–Kier alpha value is -0.570. The molecule has 1 N–H and O–H groups in total. The van der Waals surface area contributed by atoms with Crippen molar-refractivity contribution in [1.82, 2.24) is 5.32 Å². The lowest BCUT2D eigenvalue weighted by Gasteiger charge is -2.24. The number of hydrogen-bond acceptors (Lipinski definition) is 2. The number of hydrogen-bond donors (Lipinski definition) is 1. The number of rotatable bonds is 8. The van der Waals surface area contributed by atoms with Gasteiger partial charge in [-0.1, -0.05) is 44.5 Å². The maximum atomic E-state index is 6.18. The molecule has 0 aliphatic rings. The number of nitrogens with one attached hydrogen (secondary N) is 1. The van der Waals surface area contributed by atoms with E-state index >= 15 is 0 Å². The van der Waals surface area contributed by atoms with Crippen molar-refractivity contribution < 1.29 is 4.74 Å². The molecule has 0 aromatic heterocycles. The smallest absolute Gasteiger partial charge is 0.0952 e. The van der Waals surface area contributed by atoms with Gasteiger partial charge >= 0.3 is 0 Å². The van der Waals surface area contributed by atoms with E-state index in [1.165, 1.54) is 5.56 Å². The van der Waals surface area contributed by atoms with Crippen LogP contribution in [0.5, 0.6) is 0 Å². The first-order valence-corrected chi connectivity index (χ1v) is 7.52. The van der Waals surface area contributed by atoms with Gasteiger partial charge in [0.05, 0.1) is 12.2 Å². The number of ether oxygens (including phenoxy) is 1. The molecule has 0 saturated heterocycles. The summed E-state index contributed by atoms with van der Waals surface area (Å²) < 4.78 is 6.18. The second-order valence-electron chi connectivity index (χ2n) is 5.42. The molecule has 2 nitrogen and oxygen atoms in total. The molecule has 3 heteroatoms. The molecule has 2 atom stereocenters. The lowest BCUT2D eigenvalue weighted by molar-refractivity contribution is -0.0124. The molecule has 1 rings (SSSR count). The Balaban J connectivity index is 2.68. The molecule has 108 valence electrons. The molecule has 1 aromatic carbocycles. The van der Waals surface area contributed by atoms with Gasteiger partial charge in [-0.25, -0.2) is 0 Å². The summed E-state index contributed by atoms with van der Waals surface area (Å²) in [5.74, 6) is 0.653. The summed E-state index contributed by atoms with van der Waals surface area (Å²) in [7, 11) is 0. The SMILES string of the molecule is CCNCC(OC(C)CC(C)C)c1ccc(Cl)cc1. The summed E-state index contributed by atoms with van der Waals surface area (Å²) >= 11 is 5.94. The quantitative estimate of drug-likeness (QED) is 0.761. The Kier molecular flexibility index (Phi) is 7.44. The van der Waals surface area contributed by atoms with E-state index in [0.717, 1.165) is 24.5 Å². The number of halogens is 1. The zero-order chi connectivity index (χ0) is 14.3. The first-order chi connectivity index (χ1) is 9.02. The van der Waals surface area contributed by atoms with Gasteiger partial charge in [-0.3, -0.25) is 0 Å². The van der Waals surface area contributed by atoms with Crippen molar-refractivity contribution >= 4 is 11.6 Å². The highest BCUT2D eigenvalue weighted by atomic mass is 35.5. The van der Waals surface area contributed by atoms with E-state index in [4.69, 9.17) is 16.3 Å². The molecule has 2 unspecified atom stereocenters. The second-order valence-corrected chi connectivity index (χ2v) is 5.86. The zero-order valence-electron chi connectivity index (χ0n) is 12.4. The van der Waals surface area contributed by atoms with Crippen molar-refractivity contribution in [2.45, 2.75) is 46.3 Å². The van der Waals surface area contributed by atoms with Crippen LogP contribution in [0.25, 0.3) is 0 Å². The van der Waals surface area contributed by atoms with Gasteiger partial charge in [0.15, 0.2) is 0 Å². The summed E-state index contributed by atoms with van der Waals surface area (Å²) in [6, 6.07) is 7.94. The van der Waals surface area contributed by atoms with Crippen molar-refractivity contribution in [3.63, 3.8) is 0 Å².